The largest absolute Gasteiger partial charge is 0.388 e. The van der Waals surface area contributed by atoms with Crippen molar-refractivity contribution in [2.75, 3.05) is 0 Å². The van der Waals surface area contributed by atoms with Gasteiger partial charge in [-0.3, -0.25) is 0 Å². The molecule has 1 atom stereocenters. The molecule has 2 aromatic rings. The van der Waals surface area contributed by atoms with E-state index in [1.54, 1.807) is 18.6 Å². The van der Waals surface area contributed by atoms with Crippen LogP contribution in [0.4, 0.5) is 0 Å². The second-order valence-electron chi connectivity index (χ2n) is 3.93. The molecule has 2 aromatic heterocycles. The minimum Gasteiger partial charge on any atom is -0.388 e. The summed E-state index contributed by atoms with van der Waals surface area (Å²) in [6, 6.07) is 0. The molecule has 5 nitrogen and oxygen atoms in total. The second-order valence-corrected chi connectivity index (χ2v) is 3.93. The molecule has 1 N–H and O–H groups in total. The number of hydrogen-bond acceptors (Lipinski definition) is 4. The Balaban J connectivity index is 2.08. The number of imidazole rings is 1. The van der Waals surface area contributed by atoms with Crippen molar-refractivity contribution in [1.29, 1.82) is 0 Å². The molecule has 0 saturated heterocycles. The molecule has 0 aliphatic carbocycles. The van der Waals surface area contributed by atoms with E-state index >= 15 is 0 Å². The van der Waals surface area contributed by atoms with E-state index in [2.05, 4.69) is 26.4 Å². The first-order valence-corrected chi connectivity index (χ1v) is 5.74. The Bertz CT molecular complexity index is 455. The fourth-order valence-electron chi connectivity index (χ4n) is 1.75. The number of hydrogen-bond donors (Lipinski definition) is 1. The topological polar surface area (TPSA) is 63.8 Å². The van der Waals surface area contributed by atoms with Gasteiger partial charge in [0.15, 0.2) is 0 Å². The van der Waals surface area contributed by atoms with Crippen LogP contribution in [0, 0.1) is 0 Å². The Kier molecular flexibility index (Phi) is 3.82. The Morgan fingerprint density at radius 3 is 2.82 bits per heavy atom. The summed E-state index contributed by atoms with van der Waals surface area (Å²) in [5.74, 6) is 0.892. The van der Waals surface area contributed by atoms with Gasteiger partial charge in [-0.25, -0.2) is 15.0 Å². The lowest BCUT2D eigenvalue weighted by atomic mass is 10.1. The number of nitrogens with zero attached hydrogens (tertiary/aromatic N) is 4. The summed E-state index contributed by atoms with van der Waals surface area (Å²) in [5.41, 5.74) is 0.721. The summed E-state index contributed by atoms with van der Waals surface area (Å²) in [6.45, 7) is 3.04. The van der Waals surface area contributed by atoms with Gasteiger partial charge in [-0.05, 0) is 6.42 Å². The molecule has 17 heavy (non-hydrogen) atoms. The average molecular weight is 232 g/mol. The third-order valence-corrected chi connectivity index (χ3v) is 2.61. The molecule has 0 aliphatic rings. The first-order valence-electron chi connectivity index (χ1n) is 5.74. The van der Waals surface area contributed by atoms with E-state index in [9.17, 15) is 5.11 Å². The fourth-order valence-corrected chi connectivity index (χ4v) is 1.75. The van der Waals surface area contributed by atoms with Gasteiger partial charge in [0.2, 0.25) is 0 Å². The highest BCUT2D eigenvalue weighted by atomic mass is 16.3. The van der Waals surface area contributed by atoms with Gasteiger partial charge in [-0.15, -0.1) is 0 Å². The van der Waals surface area contributed by atoms with Gasteiger partial charge in [-0.2, -0.15) is 0 Å². The van der Waals surface area contributed by atoms with Crippen molar-refractivity contribution in [2.45, 2.75) is 32.4 Å². The van der Waals surface area contributed by atoms with E-state index in [-0.39, 0.29) is 0 Å². The van der Waals surface area contributed by atoms with Gasteiger partial charge in [0.25, 0.3) is 0 Å². The molecule has 0 bridgehead atoms. The third kappa shape index (κ3) is 2.88. The zero-order valence-corrected chi connectivity index (χ0v) is 9.82. The molecule has 0 aromatic carbocycles. The van der Waals surface area contributed by atoms with Gasteiger partial charge in [0.1, 0.15) is 12.2 Å². The maximum Gasteiger partial charge on any atom is 0.115 e. The SMILES string of the molecule is CCCn1ccnc1CC(O)c1cncnc1. The highest BCUT2D eigenvalue weighted by Crippen LogP contribution is 2.15. The zero-order chi connectivity index (χ0) is 12.1. The molecule has 0 aliphatic heterocycles. The first-order chi connectivity index (χ1) is 8.31. The lowest BCUT2D eigenvalue weighted by molar-refractivity contribution is 0.173. The number of aliphatic hydroxyl groups is 1. The van der Waals surface area contributed by atoms with E-state index < -0.39 is 6.10 Å². The molecule has 2 heterocycles. The number of aliphatic hydroxyl groups excluding tert-OH is 1. The van der Waals surface area contributed by atoms with Crippen LogP contribution in [0.1, 0.15) is 30.8 Å². The number of aryl methyl sites for hydroxylation is 1. The van der Waals surface area contributed by atoms with Crippen LogP contribution in [0.15, 0.2) is 31.1 Å². The molecule has 0 radical (unpaired) electrons. The third-order valence-electron chi connectivity index (χ3n) is 2.61. The van der Waals surface area contributed by atoms with Gasteiger partial charge in [-0.1, -0.05) is 6.92 Å². The van der Waals surface area contributed by atoms with Gasteiger partial charge >= 0.3 is 0 Å². The lowest BCUT2D eigenvalue weighted by Crippen LogP contribution is -2.09. The molecule has 1 unspecified atom stereocenters. The van der Waals surface area contributed by atoms with Crippen molar-refractivity contribution < 1.29 is 5.11 Å². The zero-order valence-electron chi connectivity index (χ0n) is 9.82. The predicted molar refractivity (Wildman–Crippen MR) is 63.2 cm³/mol. The van der Waals surface area contributed by atoms with Gasteiger partial charge < -0.3 is 9.67 Å². The molecule has 0 saturated carbocycles. The van der Waals surface area contributed by atoms with Crippen molar-refractivity contribution >= 4 is 0 Å². The molecule has 5 heteroatoms. The Morgan fingerprint density at radius 2 is 2.12 bits per heavy atom. The summed E-state index contributed by atoms with van der Waals surface area (Å²) >= 11 is 0. The van der Waals surface area contributed by atoms with Crippen LogP contribution in [0.5, 0.6) is 0 Å². The molecular formula is C12H16N4O. The average Bonchev–Trinajstić information content (AvgIpc) is 2.78. The van der Waals surface area contributed by atoms with Crippen molar-refractivity contribution in [3.63, 3.8) is 0 Å². The molecule has 90 valence electrons. The maximum absolute atomic E-state index is 10.1. The monoisotopic (exact) mass is 232 g/mol. The van der Waals surface area contributed by atoms with Crippen molar-refractivity contribution in [2.24, 2.45) is 0 Å². The van der Waals surface area contributed by atoms with Crippen LogP contribution >= 0.6 is 0 Å². The van der Waals surface area contributed by atoms with E-state index in [4.69, 9.17) is 0 Å². The number of aromatic nitrogens is 4. The first kappa shape index (κ1) is 11.7. The maximum atomic E-state index is 10.1. The fraction of sp³-hybridized carbons (Fsp3) is 0.417. The van der Waals surface area contributed by atoms with Crippen LogP contribution in [0.25, 0.3) is 0 Å². The molecular weight excluding hydrogens is 216 g/mol. The van der Waals surface area contributed by atoms with Crippen molar-refractivity contribution in [3.8, 4) is 0 Å². The summed E-state index contributed by atoms with van der Waals surface area (Å²) in [5, 5.41) is 10.1. The normalized spacial score (nSPS) is 12.6. The highest BCUT2D eigenvalue weighted by Gasteiger charge is 2.12. The summed E-state index contributed by atoms with van der Waals surface area (Å²) in [4.78, 5) is 12.1. The summed E-state index contributed by atoms with van der Waals surface area (Å²) in [7, 11) is 0. The van der Waals surface area contributed by atoms with E-state index in [0.717, 1.165) is 24.4 Å². The van der Waals surface area contributed by atoms with Crippen LogP contribution in [0.2, 0.25) is 0 Å². The minimum absolute atomic E-state index is 0.486. The van der Waals surface area contributed by atoms with Crippen LogP contribution in [0.3, 0.4) is 0 Å². The summed E-state index contributed by atoms with van der Waals surface area (Å²) in [6.07, 6.45) is 9.35. The van der Waals surface area contributed by atoms with Gasteiger partial charge in [0.05, 0.1) is 6.10 Å². The van der Waals surface area contributed by atoms with E-state index in [1.807, 2.05) is 6.20 Å². The smallest absolute Gasteiger partial charge is 0.115 e. The Morgan fingerprint density at radius 1 is 1.35 bits per heavy atom. The number of rotatable bonds is 5. The van der Waals surface area contributed by atoms with Crippen LogP contribution in [-0.4, -0.2) is 24.6 Å². The van der Waals surface area contributed by atoms with E-state index in [1.165, 1.54) is 6.33 Å². The predicted octanol–water partition coefficient (Wildman–Crippen LogP) is 1.36. The quantitative estimate of drug-likeness (QED) is 0.845. The molecule has 0 spiro atoms. The minimum atomic E-state index is -0.603. The van der Waals surface area contributed by atoms with Crippen molar-refractivity contribution in [3.05, 3.63) is 42.5 Å². The summed E-state index contributed by atoms with van der Waals surface area (Å²) < 4.78 is 2.06. The van der Waals surface area contributed by atoms with Crippen LogP contribution < -0.4 is 0 Å². The Labute approximate surface area is 100 Å². The highest BCUT2D eigenvalue weighted by molar-refractivity contribution is 5.09. The molecule has 0 amide bonds. The lowest BCUT2D eigenvalue weighted by Gasteiger charge is -2.11. The van der Waals surface area contributed by atoms with E-state index in [0.29, 0.717) is 6.42 Å². The molecule has 0 fully saturated rings. The standard InChI is InChI=1S/C12H16N4O/c1-2-4-16-5-3-15-12(16)6-11(17)10-7-13-9-14-8-10/h3,5,7-9,11,17H,2,4,6H2,1H3. The van der Waals surface area contributed by atoms with Crippen LogP contribution in [-0.2, 0) is 13.0 Å². The molecule has 2 rings (SSSR count). The van der Waals surface area contributed by atoms with Gasteiger partial charge in [0, 0.05) is 43.3 Å². The second kappa shape index (κ2) is 5.54. The Hall–Kier alpha value is -1.75. The van der Waals surface area contributed by atoms with Crippen molar-refractivity contribution in [1.82, 2.24) is 19.5 Å².